The number of benzene rings is 2. The van der Waals surface area contributed by atoms with Crippen molar-refractivity contribution < 1.29 is 14.6 Å². The summed E-state index contributed by atoms with van der Waals surface area (Å²) in [6.45, 7) is 0.634. The highest BCUT2D eigenvalue weighted by Gasteiger charge is 2.03. The van der Waals surface area contributed by atoms with Crippen molar-refractivity contribution in [3.63, 3.8) is 0 Å². The molecular formula is C15H16BrNO3. The molecule has 0 atom stereocenters. The van der Waals surface area contributed by atoms with Gasteiger partial charge < -0.3 is 19.9 Å². The van der Waals surface area contributed by atoms with Crippen molar-refractivity contribution in [1.82, 2.24) is 0 Å². The summed E-state index contributed by atoms with van der Waals surface area (Å²) in [7, 11) is 3.24. The van der Waals surface area contributed by atoms with Crippen LogP contribution >= 0.6 is 15.9 Å². The van der Waals surface area contributed by atoms with Crippen LogP contribution in [0.2, 0.25) is 0 Å². The molecule has 0 bridgehead atoms. The van der Waals surface area contributed by atoms with Crippen molar-refractivity contribution >= 4 is 21.6 Å². The van der Waals surface area contributed by atoms with Gasteiger partial charge in [-0.2, -0.15) is 0 Å². The van der Waals surface area contributed by atoms with E-state index in [0.717, 1.165) is 22.7 Å². The van der Waals surface area contributed by atoms with Crippen LogP contribution in [0.25, 0.3) is 0 Å². The molecule has 0 fully saturated rings. The fraction of sp³-hybridized carbons (Fsp3) is 0.200. The summed E-state index contributed by atoms with van der Waals surface area (Å²) in [5.41, 5.74) is 1.96. The number of nitrogens with one attached hydrogen (secondary N) is 1. The third kappa shape index (κ3) is 3.57. The fourth-order valence-corrected chi connectivity index (χ4v) is 2.20. The minimum atomic E-state index is 0.233. The van der Waals surface area contributed by atoms with E-state index in [2.05, 4.69) is 21.2 Å². The van der Waals surface area contributed by atoms with Gasteiger partial charge in [-0.25, -0.2) is 0 Å². The van der Waals surface area contributed by atoms with E-state index in [4.69, 9.17) is 9.47 Å². The molecule has 2 rings (SSSR count). The topological polar surface area (TPSA) is 50.7 Å². The third-order valence-corrected chi connectivity index (χ3v) is 3.50. The molecule has 106 valence electrons. The molecule has 4 nitrogen and oxygen atoms in total. The Labute approximate surface area is 126 Å². The van der Waals surface area contributed by atoms with Crippen molar-refractivity contribution in [1.29, 1.82) is 0 Å². The first-order chi connectivity index (χ1) is 9.62. The number of aromatic hydroxyl groups is 1. The summed E-state index contributed by atoms with van der Waals surface area (Å²) in [6, 6.07) is 11.0. The highest BCUT2D eigenvalue weighted by Crippen LogP contribution is 2.27. The van der Waals surface area contributed by atoms with Crippen molar-refractivity contribution in [2.75, 3.05) is 19.5 Å². The second-order valence-electron chi connectivity index (χ2n) is 4.24. The van der Waals surface area contributed by atoms with Crippen LogP contribution in [0.3, 0.4) is 0 Å². The average Bonchev–Trinajstić information content (AvgIpc) is 2.48. The van der Waals surface area contributed by atoms with Gasteiger partial charge in [0.15, 0.2) is 0 Å². The number of methoxy groups -OCH3 is 2. The number of hydrogen-bond acceptors (Lipinski definition) is 4. The SMILES string of the molecule is COc1cc(NCc2ccc(O)c(Br)c2)cc(OC)c1. The van der Waals surface area contributed by atoms with Gasteiger partial charge in [0.25, 0.3) is 0 Å². The molecule has 2 aromatic carbocycles. The van der Waals surface area contributed by atoms with E-state index in [-0.39, 0.29) is 5.75 Å². The molecule has 0 aliphatic carbocycles. The maximum Gasteiger partial charge on any atom is 0.129 e. The van der Waals surface area contributed by atoms with E-state index in [9.17, 15) is 5.11 Å². The van der Waals surface area contributed by atoms with Crippen LogP contribution in [-0.4, -0.2) is 19.3 Å². The van der Waals surface area contributed by atoms with Crippen molar-refractivity contribution in [3.8, 4) is 17.2 Å². The first kappa shape index (κ1) is 14.5. The standard InChI is InChI=1S/C15H16BrNO3/c1-19-12-6-11(7-13(8-12)20-2)17-9-10-3-4-15(18)14(16)5-10/h3-8,17-18H,9H2,1-2H3. The molecule has 0 saturated heterocycles. The van der Waals surface area contributed by atoms with Crippen LogP contribution in [0, 0.1) is 0 Å². The highest BCUT2D eigenvalue weighted by molar-refractivity contribution is 9.10. The number of halogens is 1. The summed E-state index contributed by atoms with van der Waals surface area (Å²) >= 11 is 3.30. The Balaban J connectivity index is 2.11. The molecule has 0 spiro atoms. The van der Waals surface area contributed by atoms with Gasteiger partial charge in [-0.3, -0.25) is 0 Å². The van der Waals surface area contributed by atoms with E-state index < -0.39 is 0 Å². The van der Waals surface area contributed by atoms with E-state index >= 15 is 0 Å². The van der Waals surface area contributed by atoms with Crippen LogP contribution in [0.5, 0.6) is 17.2 Å². The zero-order valence-electron chi connectivity index (χ0n) is 11.3. The van der Waals surface area contributed by atoms with E-state index in [1.165, 1.54) is 0 Å². The minimum Gasteiger partial charge on any atom is -0.507 e. The summed E-state index contributed by atoms with van der Waals surface area (Å²) in [5, 5.41) is 12.8. The fourth-order valence-electron chi connectivity index (χ4n) is 1.77. The second-order valence-corrected chi connectivity index (χ2v) is 5.09. The molecule has 5 heteroatoms. The van der Waals surface area contributed by atoms with Gasteiger partial charge in [0, 0.05) is 30.4 Å². The maximum atomic E-state index is 9.47. The van der Waals surface area contributed by atoms with Crippen LogP contribution in [0.4, 0.5) is 5.69 Å². The molecular weight excluding hydrogens is 322 g/mol. The van der Waals surface area contributed by atoms with Gasteiger partial charge in [-0.1, -0.05) is 6.07 Å². The smallest absolute Gasteiger partial charge is 0.129 e. The molecule has 20 heavy (non-hydrogen) atoms. The largest absolute Gasteiger partial charge is 0.507 e. The molecule has 0 aliphatic rings. The summed E-state index contributed by atoms with van der Waals surface area (Å²) in [6.07, 6.45) is 0. The van der Waals surface area contributed by atoms with Crippen LogP contribution in [0.15, 0.2) is 40.9 Å². The lowest BCUT2D eigenvalue weighted by molar-refractivity contribution is 0.394. The Bertz CT molecular complexity index is 579. The molecule has 0 aromatic heterocycles. The molecule has 0 saturated carbocycles. The van der Waals surface area contributed by atoms with Crippen LogP contribution < -0.4 is 14.8 Å². The van der Waals surface area contributed by atoms with Gasteiger partial charge in [-0.05, 0) is 33.6 Å². The van der Waals surface area contributed by atoms with Crippen LogP contribution in [-0.2, 0) is 6.54 Å². The van der Waals surface area contributed by atoms with Crippen molar-refractivity contribution in [2.24, 2.45) is 0 Å². The number of hydrogen-bond donors (Lipinski definition) is 2. The zero-order valence-corrected chi connectivity index (χ0v) is 12.9. The Morgan fingerprint density at radius 1 is 1.05 bits per heavy atom. The number of phenolic OH excluding ortho intramolecular Hbond substituents is 1. The Kier molecular flexibility index (Phi) is 4.74. The molecule has 0 aliphatic heterocycles. The molecule has 2 aromatic rings. The van der Waals surface area contributed by atoms with E-state index in [0.29, 0.717) is 11.0 Å². The molecule has 2 N–H and O–H groups in total. The van der Waals surface area contributed by atoms with Gasteiger partial charge >= 0.3 is 0 Å². The third-order valence-electron chi connectivity index (χ3n) is 2.86. The predicted octanol–water partition coefficient (Wildman–Crippen LogP) is 3.78. The molecule has 0 heterocycles. The van der Waals surface area contributed by atoms with Crippen LogP contribution in [0.1, 0.15) is 5.56 Å². The first-order valence-electron chi connectivity index (χ1n) is 6.06. The summed E-state index contributed by atoms with van der Waals surface area (Å²) in [5.74, 6) is 1.70. The average molecular weight is 338 g/mol. The molecule has 0 amide bonds. The first-order valence-corrected chi connectivity index (χ1v) is 6.86. The second kappa shape index (κ2) is 6.52. The summed E-state index contributed by atoms with van der Waals surface area (Å²) in [4.78, 5) is 0. The Morgan fingerprint density at radius 3 is 2.25 bits per heavy atom. The lowest BCUT2D eigenvalue weighted by Gasteiger charge is -2.11. The van der Waals surface area contributed by atoms with E-state index in [1.807, 2.05) is 30.3 Å². The van der Waals surface area contributed by atoms with E-state index in [1.54, 1.807) is 20.3 Å². The Morgan fingerprint density at radius 2 is 1.70 bits per heavy atom. The van der Waals surface area contributed by atoms with Gasteiger partial charge in [0.05, 0.1) is 18.7 Å². The number of anilines is 1. The quantitative estimate of drug-likeness (QED) is 0.871. The van der Waals surface area contributed by atoms with Gasteiger partial charge in [0.2, 0.25) is 0 Å². The lowest BCUT2D eigenvalue weighted by atomic mass is 10.2. The number of ether oxygens (including phenoxy) is 2. The molecule has 0 unspecified atom stereocenters. The van der Waals surface area contributed by atoms with Crippen molar-refractivity contribution in [3.05, 3.63) is 46.4 Å². The number of phenols is 1. The predicted molar refractivity (Wildman–Crippen MR) is 82.7 cm³/mol. The Hall–Kier alpha value is -1.88. The maximum absolute atomic E-state index is 9.47. The lowest BCUT2D eigenvalue weighted by Crippen LogP contribution is -2.00. The minimum absolute atomic E-state index is 0.233. The van der Waals surface area contributed by atoms with Gasteiger partial charge in [-0.15, -0.1) is 0 Å². The number of rotatable bonds is 5. The monoisotopic (exact) mass is 337 g/mol. The van der Waals surface area contributed by atoms with Crippen molar-refractivity contribution in [2.45, 2.75) is 6.54 Å². The van der Waals surface area contributed by atoms with Gasteiger partial charge in [0.1, 0.15) is 17.2 Å². The summed E-state index contributed by atoms with van der Waals surface area (Å²) < 4.78 is 11.1. The highest BCUT2D eigenvalue weighted by atomic mass is 79.9. The normalized spacial score (nSPS) is 10.2. The zero-order chi connectivity index (χ0) is 14.5. The molecule has 0 radical (unpaired) electrons.